The minimum atomic E-state index is -0.348. The van der Waals surface area contributed by atoms with Gasteiger partial charge in [-0.25, -0.2) is 0 Å². The zero-order valence-corrected chi connectivity index (χ0v) is 11.3. The van der Waals surface area contributed by atoms with E-state index in [1.807, 2.05) is 6.07 Å². The lowest BCUT2D eigenvalue weighted by Crippen LogP contribution is -2.51. The van der Waals surface area contributed by atoms with Gasteiger partial charge in [0.25, 0.3) is 5.69 Å². The minimum absolute atomic E-state index is 0.105. The van der Waals surface area contributed by atoms with E-state index in [1.54, 1.807) is 12.1 Å². The number of rotatable bonds is 5. The summed E-state index contributed by atoms with van der Waals surface area (Å²) in [4.78, 5) is 12.9. The van der Waals surface area contributed by atoms with Crippen LogP contribution < -0.4 is 5.73 Å². The van der Waals surface area contributed by atoms with Crippen LogP contribution in [0.5, 0.6) is 0 Å². The summed E-state index contributed by atoms with van der Waals surface area (Å²) in [5.74, 6) is 0. The average molecular weight is 263 g/mol. The van der Waals surface area contributed by atoms with Crippen LogP contribution in [0.25, 0.3) is 0 Å². The van der Waals surface area contributed by atoms with E-state index in [4.69, 9.17) is 5.73 Å². The summed E-state index contributed by atoms with van der Waals surface area (Å²) in [5.41, 5.74) is 6.98. The van der Waals surface area contributed by atoms with Crippen LogP contribution in [-0.2, 0) is 6.42 Å². The van der Waals surface area contributed by atoms with E-state index < -0.39 is 0 Å². The van der Waals surface area contributed by atoms with Crippen LogP contribution in [0.4, 0.5) is 5.69 Å². The maximum atomic E-state index is 10.8. The number of benzene rings is 1. The van der Waals surface area contributed by atoms with E-state index in [1.165, 1.54) is 18.9 Å². The molecule has 0 saturated carbocycles. The van der Waals surface area contributed by atoms with Crippen molar-refractivity contribution in [2.45, 2.75) is 31.7 Å². The Balaban J connectivity index is 2.17. The van der Waals surface area contributed by atoms with Crippen molar-refractivity contribution in [3.05, 3.63) is 39.9 Å². The molecule has 104 valence electrons. The summed E-state index contributed by atoms with van der Waals surface area (Å²) < 4.78 is 0. The van der Waals surface area contributed by atoms with Crippen LogP contribution in [-0.4, -0.2) is 35.0 Å². The number of nitro groups is 1. The highest BCUT2D eigenvalue weighted by atomic mass is 16.6. The molecule has 5 heteroatoms. The van der Waals surface area contributed by atoms with E-state index in [0.29, 0.717) is 6.54 Å². The highest BCUT2D eigenvalue weighted by molar-refractivity contribution is 5.35. The standard InChI is InChI=1S/C14H21N3O2/c1-14(11-15,16-7-2-3-8-16)10-12-5-4-6-13(9-12)17(18)19/h4-6,9H,2-3,7-8,10-11,15H2,1H3. The Kier molecular flexibility index (Phi) is 4.17. The first-order valence-corrected chi connectivity index (χ1v) is 6.74. The molecule has 1 aromatic rings. The van der Waals surface area contributed by atoms with Crippen molar-refractivity contribution in [3.63, 3.8) is 0 Å². The van der Waals surface area contributed by atoms with Gasteiger partial charge in [-0.2, -0.15) is 0 Å². The smallest absolute Gasteiger partial charge is 0.269 e. The first-order chi connectivity index (χ1) is 9.05. The Morgan fingerprint density at radius 3 is 2.68 bits per heavy atom. The Hall–Kier alpha value is -1.46. The quantitative estimate of drug-likeness (QED) is 0.651. The maximum absolute atomic E-state index is 10.8. The molecule has 1 aliphatic heterocycles. The monoisotopic (exact) mass is 263 g/mol. The third-order valence-electron chi connectivity index (χ3n) is 4.02. The Morgan fingerprint density at radius 1 is 1.42 bits per heavy atom. The van der Waals surface area contributed by atoms with Crippen LogP contribution in [0.2, 0.25) is 0 Å². The van der Waals surface area contributed by atoms with Crippen LogP contribution in [0, 0.1) is 10.1 Å². The number of hydrogen-bond donors (Lipinski definition) is 1. The van der Waals surface area contributed by atoms with Crippen molar-refractivity contribution < 1.29 is 4.92 Å². The van der Waals surface area contributed by atoms with Gasteiger partial charge in [0, 0.05) is 24.2 Å². The summed E-state index contributed by atoms with van der Waals surface area (Å²) in [6.07, 6.45) is 3.18. The first-order valence-electron chi connectivity index (χ1n) is 6.74. The summed E-state index contributed by atoms with van der Waals surface area (Å²) in [6.45, 7) is 4.86. The van der Waals surface area contributed by atoms with E-state index in [0.717, 1.165) is 25.1 Å². The third-order valence-corrected chi connectivity index (χ3v) is 4.02. The van der Waals surface area contributed by atoms with E-state index in [-0.39, 0.29) is 16.1 Å². The predicted molar refractivity (Wildman–Crippen MR) is 75.1 cm³/mol. The van der Waals surface area contributed by atoms with E-state index in [2.05, 4.69) is 11.8 Å². The molecule has 1 atom stereocenters. The molecule has 5 nitrogen and oxygen atoms in total. The molecule has 19 heavy (non-hydrogen) atoms. The van der Waals surface area contributed by atoms with Crippen molar-refractivity contribution in [1.82, 2.24) is 4.90 Å². The van der Waals surface area contributed by atoms with Gasteiger partial charge in [-0.1, -0.05) is 12.1 Å². The highest BCUT2D eigenvalue weighted by Crippen LogP contribution is 2.26. The van der Waals surface area contributed by atoms with Crippen molar-refractivity contribution in [2.24, 2.45) is 5.73 Å². The van der Waals surface area contributed by atoms with Gasteiger partial charge in [-0.3, -0.25) is 15.0 Å². The SMILES string of the molecule is CC(CN)(Cc1cccc([N+](=O)[O-])c1)N1CCCC1. The molecule has 0 bridgehead atoms. The second-order valence-electron chi connectivity index (χ2n) is 5.50. The normalized spacial score (nSPS) is 19.3. The fourth-order valence-corrected chi connectivity index (χ4v) is 2.79. The molecule has 1 aliphatic rings. The van der Waals surface area contributed by atoms with Gasteiger partial charge in [0.15, 0.2) is 0 Å². The minimum Gasteiger partial charge on any atom is -0.329 e. The van der Waals surface area contributed by atoms with Gasteiger partial charge in [-0.15, -0.1) is 0 Å². The molecule has 0 aromatic heterocycles. The van der Waals surface area contributed by atoms with Crippen LogP contribution in [0.15, 0.2) is 24.3 Å². The van der Waals surface area contributed by atoms with Crippen molar-refractivity contribution in [1.29, 1.82) is 0 Å². The van der Waals surface area contributed by atoms with Gasteiger partial charge in [0.05, 0.1) is 4.92 Å². The van der Waals surface area contributed by atoms with E-state index >= 15 is 0 Å². The molecular weight excluding hydrogens is 242 g/mol. The number of non-ortho nitro benzene ring substituents is 1. The zero-order valence-electron chi connectivity index (χ0n) is 11.3. The van der Waals surface area contributed by atoms with Gasteiger partial charge in [0.2, 0.25) is 0 Å². The molecule has 0 spiro atoms. The number of hydrogen-bond acceptors (Lipinski definition) is 4. The van der Waals surface area contributed by atoms with Gasteiger partial charge < -0.3 is 5.73 Å². The number of nitrogens with zero attached hydrogens (tertiary/aromatic N) is 2. The molecular formula is C14H21N3O2. The van der Waals surface area contributed by atoms with Crippen LogP contribution in [0.1, 0.15) is 25.3 Å². The van der Waals surface area contributed by atoms with E-state index in [9.17, 15) is 10.1 Å². The average Bonchev–Trinajstić information content (AvgIpc) is 2.93. The number of nitro benzene ring substituents is 1. The lowest BCUT2D eigenvalue weighted by molar-refractivity contribution is -0.384. The molecule has 1 heterocycles. The molecule has 0 aliphatic carbocycles. The molecule has 1 fully saturated rings. The number of nitrogens with two attached hydrogens (primary N) is 1. The Morgan fingerprint density at radius 2 is 2.11 bits per heavy atom. The van der Waals surface area contributed by atoms with Crippen molar-refractivity contribution in [3.8, 4) is 0 Å². The predicted octanol–water partition coefficient (Wildman–Crippen LogP) is 1.95. The van der Waals surface area contributed by atoms with Crippen LogP contribution in [0.3, 0.4) is 0 Å². The summed E-state index contributed by atoms with van der Waals surface area (Å²) in [7, 11) is 0. The van der Waals surface area contributed by atoms with Crippen LogP contribution >= 0.6 is 0 Å². The molecule has 0 radical (unpaired) electrons. The topological polar surface area (TPSA) is 72.4 Å². The Bertz CT molecular complexity index is 458. The first kappa shape index (κ1) is 14.0. The lowest BCUT2D eigenvalue weighted by atomic mass is 9.91. The van der Waals surface area contributed by atoms with Gasteiger partial charge in [0.1, 0.15) is 0 Å². The summed E-state index contributed by atoms with van der Waals surface area (Å²) in [6, 6.07) is 6.87. The van der Waals surface area contributed by atoms with Crippen molar-refractivity contribution in [2.75, 3.05) is 19.6 Å². The molecule has 2 N–H and O–H groups in total. The summed E-state index contributed by atoms with van der Waals surface area (Å²) in [5, 5.41) is 10.8. The largest absolute Gasteiger partial charge is 0.329 e. The third kappa shape index (κ3) is 3.11. The van der Waals surface area contributed by atoms with Crippen molar-refractivity contribution >= 4 is 5.69 Å². The molecule has 0 amide bonds. The Labute approximate surface area is 113 Å². The van der Waals surface area contributed by atoms with Gasteiger partial charge >= 0.3 is 0 Å². The molecule has 1 aromatic carbocycles. The maximum Gasteiger partial charge on any atom is 0.269 e. The number of likely N-dealkylation sites (tertiary alicyclic amines) is 1. The second-order valence-corrected chi connectivity index (χ2v) is 5.50. The molecule has 2 rings (SSSR count). The lowest BCUT2D eigenvalue weighted by Gasteiger charge is -2.38. The fraction of sp³-hybridized carbons (Fsp3) is 0.571. The second kappa shape index (κ2) is 5.67. The zero-order chi connectivity index (χ0) is 13.9. The summed E-state index contributed by atoms with van der Waals surface area (Å²) >= 11 is 0. The molecule has 1 unspecified atom stereocenters. The van der Waals surface area contributed by atoms with Gasteiger partial charge in [-0.05, 0) is 44.8 Å². The highest BCUT2D eigenvalue weighted by Gasteiger charge is 2.32. The molecule has 1 saturated heterocycles. The fourth-order valence-electron chi connectivity index (χ4n) is 2.79.